The second kappa shape index (κ2) is 26.0. The Hall–Kier alpha value is -1.70. The average molecular weight is 563 g/mol. The SMILES string of the molecule is CCCCCCCCCCCCCCCc1cnc(-c2ccc(CCCCCCCCCCCCCC)cc2)nc1. The van der Waals surface area contributed by atoms with Gasteiger partial charge in [-0.2, -0.15) is 0 Å². The summed E-state index contributed by atoms with van der Waals surface area (Å²) in [5.41, 5.74) is 3.86. The zero-order chi connectivity index (χ0) is 29.1. The largest absolute Gasteiger partial charge is 0.236 e. The second-order valence-electron chi connectivity index (χ2n) is 12.7. The molecule has 2 rings (SSSR count). The number of aromatic nitrogens is 2. The molecule has 41 heavy (non-hydrogen) atoms. The summed E-state index contributed by atoms with van der Waals surface area (Å²) in [6.45, 7) is 4.59. The van der Waals surface area contributed by atoms with Gasteiger partial charge >= 0.3 is 0 Å². The van der Waals surface area contributed by atoms with Crippen molar-refractivity contribution in [2.45, 2.75) is 187 Å². The predicted octanol–water partition coefficient (Wildman–Crippen LogP) is 13.0. The molecular formula is C39H66N2. The van der Waals surface area contributed by atoms with Crippen molar-refractivity contribution >= 4 is 0 Å². The van der Waals surface area contributed by atoms with Gasteiger partial charge in [0.2, 0.25) is 0 Å². The summed E-state index contributed by atoms with van der Waals surface area (Å²) < 4.78 is 0. The zero-order valence-electron chi connectivity index (χ0n) is 27.5. The van der Waals surface area contributed by atoms with Crippen LogP contribution in [0.15, 0.2) is 36.7 Å². The molecule has 0 spiro atoms. The third-order valence-corrected chi connectivity index (χ3v) is 8.81. The van der Waals surface area contributed by atoms with Crippen molar-refractivity contribution in [1.82, 2.24) is 9.97 Å². The Kier molecular flexibility index (Phi) is 22.5. The number of rotatable bonds is 28. The standard InChI is InChI=1S/C39H66N2/c1-3-5-7-9-11-13-15-17-19-21-23-25-27-29-37-34-40-39(41-35-37)38-32-30-36(31-33-38)28-26-24-22-20-18-16-14-12-10-8-6-4-2/h30-35H,3-29H2,1-2H3. The van der Waals surface area contributed by atoms with Gasteiger partial charge in [-0.05, 0) is 36.8 Å². The number of aryl methyl sites for hydroxylation is 2. The summed E-state index contributed by atoms with van der Waals surface area (Å²) in [6, 6.07) is 8.96. The molecule has 1 aromatic carbocycles. The van der Waals surface area contributed by atoms with Crippen LogP contribution in [0.5, 0.6) is 0 Å². The molecule has 0 fully saturated rings. The van der Waals surface area contributed by atoms with E-state index in [4.69, 9.17) is 0 Å². The summed E-state index contributed by atoms with van der Waals surface area (Å²) in [7, 11) is 0. The minimum absolute atomic E-state index is 0.857. The Morgan fingerprint density at radius 1 is 0.366 bits per heavy atom. The molecule has 0 N–H and O–H groups in total. The van der Waals surface area contributed by atoms with Crippen molar-refractivity contribution in [3.63, 3.8) is 0 Å². The maximum Gasteiger partial charge on any atom is 0.159 e. The Bertz CT molecular complexity index is 810. The van der Waals surface area contributed by atoms with E-state index in [1.807, 2.05) is 12.4 Å². The van der Waals surface area contributed by atoms with Crippen LogP contribution in [-0.2, 0) is 12.8 Å². The first kappa shape index (κ1) is 35.5. The van der Waals surface area contributed by atoms with E-state index in [2.05, 4.69) is 48.1 Å². The van der Waals surface area contributed by atoms with E-state index < -0.39 is 0 Å². The Morgan fingerprint density at radius 3 is 1.05 bits per heavy atom. The molecule has 0 unspecified atom stereocenters. The Balaban J connectivity index is 1.46. The molecule has 0 aliphatic heterocycles. The van der Waals surface area contributed by atoms with Crippen LogP contribution >= 0.6 is 0 Å². The van der Waals surface area contributed by atoms with Gasteiger partial charge in [-0.1, -0.05) is 186 Å². The van der Waals surface area contributed by atoms with Gasteiger partial charge in [0.15, 0.2) is 5.82 Å². The van der Waals surface area contributed by atoms with Crippen molar-refractivity contribution in [3.8, 4) is 11.4 Å². The molecule has 0 bridgehead atoms. The van der Waals surface area contributed by atoms with E-state index in [-0.39, 0.29) is 0 Å². The lowest BCUT2D eigenvalue weighted by molar-refractivity contribution is 0.539. The van der Waals surface area contributed by atoms with Gasteiger partial charge in [-0.25, -0.2) is 9.97 Å². The second-order valence-corrected chi connectivity index (χ2v) is 12.7. The first-order valence-electron chi connectivity index (χ1n) is 18.2. The zero-order valence-corrected chi connectivity index (χ0v) is 27.5. The maximum absolute atomic E-state index is 4.68. The van der Waals surface area contributed by atoms with Gasteiger partial charge in [-0.15, -0.1) is 0 Å². The summed E-state index contributed by atoms with van der Waals surface area (Å²) in [5, 5.41) is 0. The van der Waals surface area contributed by atoms with Gasteiger partial charge < -0.3 is 0 Å². The molecule has 2 aromatic rings. The molecule has 0 aliphatic rings. The van der Waals surface area contributed by atoms with Gasteiger partial charge in [0.05, 0.1) is 0 Å². The van der Waals surface area contributed by atoms with Crippen LogP contribution in [0.25, 0.3) is 11.4 Å². The van der Waals surface area contributed by atoms with Crippen LogP contribution in [0.1, 0.15) is 185 Å². The molecular weight excluding hydrogens is 496 g/mol. The van der Waals surface area contributed by atoms with Crippen LogP contribution < -0.4 is 0 Å². The highest BCUT2D eigenvalue weighted by molar-refractivity contribution is 5.55. The van der Waals surface area contributed by atoms with E-state index >= 15 is 0 Å². The molecule has 2 nitrogen and oxygen atoms in total. The van der Waals surface area contributed by atoms with Crippen molar-refractivity contribution < 1.29 is 0 Å². The highest BCUT2D eigenvalue weighted by atomic mass is 14.9. The molecule has 1 aromatic heterocycles. The molecule has 0 radical (unpaired) electrons. The number of hydrogen-bond acceptors (Lipinski definition) is 2. The van der Waals surface area contributed by atoms with Crippen LogP contribution in [-0.4, -0.2) is 9.97 Å². The lowest BCUT2D eigenvalue weighted by Gasteiger charge is -2.06. The third-order valence-electron chi connectivity index (χ3n) is 8.81. The Labute approximate surface area is 256 Å². The number of unbranched alkanes of at least 4 members (excludes halogenated alkanes) is 23. The van der Waals surface area contributed by atoms with E-state index in [1.165, 1.54) is 178 Å². The summed E-state index contributed by atoms with van der Waals surface area (Å²) in [4.78, 5) is 9.37. The third kappa shape index (κ3) is 19.2. The van der Waals surface area contributed by atoms with Crippen molar-refractivity contribution in [2.24, 2.45) is 0 Å². The number of hydrogen-bond donors (Lipinski definition) is 0. The van der Waals surface area contributed by atoms with Crippen LogP contribution in [0.4, 0.5) is 0 Å². The lowest BCUT2D eigenvalue weighted by atomic mass is 10.0. The summed E-state index contributed by atoms with van der Waals surface area (Å²) in [5.74, 6) is 0.857. The van der Waals surface area contributed by atoms with E-state index in [1.54, 1.807) is 0 Å². The van der Waals surface area contributed by atoms with E-state index in [0.29, 0.717) is 0 Å². The molecule has 0 atom stereocenters. The molecule has 0 aliphatic carbocycles. The maximum atomic E-state index is 4.68. The van der Waals surface area contributed by atoms with Crippen molar-refractivity contribution in [1.29, 1.82) is 0 Å². The van der Waals surface area contributed by atoms with Gasteiger partial charge in [0.25, 0.3) is 0 Å². The van der Waals surface area contributed by atoms with Gasteiger partial charge in [0.1, 0.15) is 0 Å². The highest BCUT2D eigenvalue weighted by Gasteiger charge is 2.03. The molecule has 0 amide bonds. The fraction of sp³-hybridized carbons (Fsp3) is 0.744. The summed E-state index contributed by atoms with van der Waals surface area (Å²) >= 11 is 0. The van der Waals surface area contributed by atoms with Gasteiger partial charge in [-0.3, -0.25) is 0 Å². The molecule has 0 saturated heterocycles. The van der Waals surface area contributed by atoms with Crippen LogP contribution in [0.2, 0.25) is 0 Å². The normalized spacial score (nSPS) is 11.4. The van der Waals surface area contributed by atoms with Crippen LogP contribution in [0.3, 0.4) is 0 Å². The van der Waals surface area contributed by atoms with E-state index in [0.717, 1.165) is 17.8 Å². The molecule has 1 heterocycles. The minimum Gasteiger partial charge on any atom is -0.236 e. The van der Waals surface area contributed by atoms with Gasteiger partial charge in [0, 0.05) is 18.0 Å². The fourth-order valence-electron chi connectivity index (χ4n) is 5.97. The highest BCUT2D eigenvalue weighted by Crippen LogP contribution is 2.19. The van der Waals surface area contributed by atoms with Crippen LogP contribution in [0, 0.1) is 0 Å². The Morgan fingerprint density at radius 2 is 0.683 bits per heavy atom. The van der Waals surface area contributed by atoms with E-state index in [9.17, 15) is 0 Å². The lowest BCUT2D eigenvalue weighted by Crippen LogP contribution is -1.94. The first-order chi connectivity index (χ1) is 20.3. The molecule has 232 valence electrons. The van der Waals surface area contributed by atoms with Crippen molar-refractivity contribution in [2.75, 3.05) is 0 Å². The monoisotopic (exact) mass is 563 g/mol. The number of benzene rings is 1. The molecule has 2 heteroatoms. The topological polar surface area (TPSA) is 25.8 Å². The quantitative estimate of drug-likeness (QED) is 0.0964. The molecule has 0 saturated carbocycles. The minimum atomic E-state index is 0.857. The first-order valence-corrected chi connectivity index (χ1v) is 18.2. The summed E-state index contributed by atoms with van der Waals surface area (Å²) in [6.07, 6.45) is 41.5. The van der Waals surface area contributed by atoms with Crippen molar-refractivity contribution in [3.05, 3.63) is 47.8 Å². The smallest absolute Gasteiger partial charge is 0.159 e. The predicted molar refractivity (Wildman–Crippen MR) is 182 cm³/mol. The number of nitrogens with zero attached hydrogens (tertiary/aromatic N) is 2. The fourth-order valence-corrected chi connectivity index (χ4v) is 5.97. The average Bonchev–Trinajstić information content (AvgIpc) is 3.00.